The molecule has 2 N–H and O–H groups in total. The topological polar surface area (TPSA) is 60.0 Å². The zero-order chi connectivity index (χ0) is 18.2. The van der Waals surface area contributed by atoms with Crippen LogP contribution in [0.5, 0.6) is 0 Å². The van der Waals surface area contributed by atoms with E-state index in [1.165, 1.54) is 24.1 Å². The van der Waals surface area contributed by atoms with E-state index in [1.807, 2.05) is 16.2 Å². The molecule has 0 aliphatic carbocycles. The molecule has 26 heavy (non-hydrogen) atoms. The second-order valence-electron chi connectivity index (χ2n) is 7.02. The molecule has 2 fully saturated rings. The van der Waals surface area contributed by atoms with E-state index in [2.05, 4.69) is 38.0 Å². The summed E-state index contributed by atoms with van der Waals surface area (Å²) in [5.74, 6) is 0.873. The van der Waals surface area contributed by atoms with Crippen molar-refractivity contribution < 1.29 is 4.79 Å². The summed E-state index contributed by atoms with van der Waals surface area (Å²) in [5.41, 5.74) is 0. The van der Waals surface area contributed by atoms with Crippen molar-refractivity contribution in [3.8, 4) is 0 Å². The average molecular weight is 378 g/mol. The third kappa shape index (κ3) is 5.20. The summed E-state index contributed by atoms with van der Waals surface area (Å²) in [4.78, 5) is 22.5. The second-order valence-corrected chi connectivity index (χ2v) is 8.00. The van der Waals surface area contributed by atoms with Crippen LogP contribution < -0.4 is 10.6 Å². The summed E-state index contributed by atoms with van der Waals surface area (Å²) in [6.45, 7) is 5.21. The van der Waals surface area contributed by atoms with Crippen molar-refractivity contribution >= 4 is 23.2 Å². The molecule has 2 saturated heterocycles. The number of nitrogens with one attached hydrogen (secondary N) is 2. The van der Waals surface area contributed by atoms with Gasteiger partial charge in [-0.2, -0.15) is 0 Å². The highest BCUT2D eigenvalue weighted by molar-refractivity contribution is 7.10. The van der Waals surface area contributed by atoms with Crippen molar-refractivity contribution in [2.45, 2.75) is 38.1 Å². The van der Waals surface area contributed by atoms with Crippen LogP contribution in [0.3, 0.4) is 0 Å². The van der Waals surface area contributed by atoms with Crippen LogP contribution in [0.15, 0.2) is 22.5 Å². The SMILES string of the molecule is CN=C(NCC(=O)N1CCCCC1)NCC(c1cccs1)N1CCCC1. The highest BCUT2D eigenvalue weighted by atomic mass is 32.1. The van der Waals surface area contributed by atoms with Crippen molar-refractivity contribution in [1.82, 2.24) is 20.4 Å². The van der Waals surface area contributed by atoms with E-state index in [0.29, 0.717) is 18.5 Å². The first-order valence-corrected chi connectivity index (χ1v) is 10.7. The summed E-state index contributed by atoms with van der Waals surface area (Å²) in [5, 5.41) is 8.76. The Morgan fingerprint density at radius 3 is 2.54 bits per heavy atom. The molecule has 0 spiro atoms. The lowest BCUT2D eigenvalue weighted by Gasteiger charge is -2.28. The average Bonchev–Trinajstić information content (AvgIpc) is 3.39. The van der Waals surface area contributed by atoms with Crippen LogP contribution in [-0.2, 0) is 4.79 Å². The number of piperidine rings is 1. The van der Waals surface area contributed by atoms with E-state index in [-0.39, 0.29) is 5.91 Å². The standard InChI is InChI=1S/C19H31N5OS/c1-20-19(22-15-18(25)24-11-3-2-4-12-24)21-14-16(17-8-7-13-26-17)23-9-5-6-10-23/h7-8,13,16H,2-6,9-12,14-15H2,1H3,(H2,20,21,22). The van der Waals surface area contributed by atoms with E-state index < -0.39 is 0 Å². The maximum atomic E-state index is 12.3. The van der Waals surface area contributed by atoms with Crippen molar-refractivity contribution in [3.05, 3.63) is 22.4 Å². The molecule has 1 atom stereocenters. The Labute approximate surface area is 160 Å². The number of hydrogen-bond acceptors (Lipinski definition) is 4. The number of thiophene rings is 1. The largest absolute Gasteiger partial charge is 0.354 e. The normalized spacial score (nSPS) is 20.2. The van der Waals surface area contributed by atoms with Crippen LogP contribution in [0.1, 0.15) is 43.0 Å². The van der Waals surface area contributed by atoms with Crippen LogP contribution in [0, 0.1) is 0 Å². The summed E-state index contributed by atoms with van der Waals surface area (Å²) in [6, 6.07) is 4.70. The Kier molecular flexibility index (Phi) is 7.32. The fourth-order valence-electron chi connectivity index (χ4n) is 3.77. The smallest absolute Gasteiger partial charge is 0.241 e. The van der Waals surface area contributed by atoms with Gasteiger partial charge in [-0.1, -0.05) is 6.07 Å². The summed E-state index contributed by atoms with van der Waals surface area (Å²) < 4.78 is 0. The molecular formula is C19H31N5OS. The molecule has 1 aromatic rings. The van der Waals surface area contributed by atoms with Gasteiger partial charge in [-0.15, -0.1) is 11.3 Å². The first-order valence-electron chi connectivity index (χ1n) is 9.77. The van der Waals surface area contributed by atoms with Gasteiger partial charge in [-0.25, -0.2) is 0 Å². The number of aliphatic imine (C=N–C) groups is 1. The molecule has 1 amide bonds. The fraction of sp³-hybridized carbons (Fsp3) is 0.684. The molecular weight excluding hydrogens is 346 g/mol. The fourth-order valence-corrected chi connectivity index (χ4v) is 4.63. The van der Waals surface area contributed by atoms with Crippen LogP contribution in [-0.4, -0.2) is 68.0 Å². The van der Waals surface area contributed by atoms with Gasteiger partial charge in [0, 0.05) is 31.6 Å². The molecule has 1 unspecified atom stereocenters. The lowest BCUT2D eigenvalue weighted by molar-refractivity contribution is -0.130. The van der Waals surface area contributed by atoms with Gasteiger partial charge in [-0.3, -0.25) is 14.7 Å². The number of guanidine groups is 1. The maximum absolute atomic E-state index is 12.3. The molecule has 3 heterocycles. The maximum Gasteiger partial charge on any atom is 0.241 e. The Hall–Kier alpha value is -1.60. The number of nitrogens with zero attached hydrogens (tertiary/aromatic N) is 3. The van der Waals surface area contributed by atoms with Crippen LogP contribution in [0.4, 0.5) is 0 Å². The summed E-state index contributed by atoms with van der Waals surface area (Å²) >= 11 is 1.81. The molecule has 0 bridgehead atoms. The molecule has 2 aliphatic heterocycles. The van der Waals surface area contributed by atoms with Gasteiger partial charge in [0.1, 0.15) is 0 Å². The van der Waals surface area contributed by atoms with E-state index in [9.17, 15) is 4.79 Å². The number of amides is 1. The van der Waals surface area contributed by atoms with Crippen molar-refractivity contribution in [2.24, 2.45) is 4.99 Å². The monoisotopic (exact) mass is 377 g/mol. The van der Waals surface area contributed by atoms with Gasteiger partial charge in [0.05, 0.1) is 12.6 Å². The number of carbonyl (C=O) groups is 1. The Balaban J connectivity index is 1.49. The number of hydrogen-bond donors (Lipinski definition) is 2. The molecule has 3 rings (SSSR count). The molecule has 144 valence electrons. The van der Waals surface area contributed by atoms with Crippen LogP contribution in [0.2, 0.25) is 0 Å². The third-order valence-corrected chi connectivity index (χ3v) is 6.23. The minimum Gasteiger partial charge on any atom is -0.354 e. The first-order chi connectivity index (χ1) is 12.8. The van der Waals surface area contributed by atoms with Gasteiger partial charge in [0.2, 0.25) is 5.91 Å². The van der Waals surface area contributed by atoms with E-state index in [0.717, 1.165) is 45.6 Å². The number of carbonyl (C=O) groups excluding carboxylic acids is 1. The molecule has 2 aliphatic rings. The molecule has 1 aromatic heterocycles. The summed E-state index contributed by atoms with van der Waals surface area (Å²) in [6.07, 6.45) is 6.04. The van der Waals surface area contributed by atoms with Crippen molar-refractivity contribution in [3.63, 3.8) is 0 Å². The molecule has 0 saturated carbocycles. The van der Waals surface area contributed by atoms with Crippen LogP contribution in [0.25, 0.3) is 0 Å². The predicted octanol–water partition coefficient (Wildman–Crippen LogP) is 2.06. The Bertz CT molecular complexity index is 577. The van der Waals surface area contributed by atoms with E-state index >= 15 is 0 Å². The molecule has 0 radical (unpaired) electrons. The molecule has 7 heteroatoms. The van der Waals surface area contributed by atoms with Crippen molar-refractivity contribution in [1.29, 1.82) is 0 Å². The summed E-state index contributed by atoms with van der Waals surface area (Å²) in [7, 11) is 1.76. The van der Waals surface area contributed by atoms with Gasteiger partial charge in [-0.05, 0) is 56.6 Å². The Morgan fingerprint density at radius 1 is 1.15 bits per heavy atom. The lowest BCUT2D eigenvalue weighted by atomic mass is 10.1. The highest BCUT2D eigenvalue weighted by Crippen LogP contribution is 2.27. The lowest BCUT2D eigenvalue weighted by Crippen LogP contribution is -2.47. The number of likely N-dealkylation sites (tertiary alicyclic amines) is 2. The van der Waals surface area contributed by atoms with Gasteiger partial charge < -0.3 is 15.5 Å². The van der Waals surface area contributed by atoms with E-state index in [1.54, 1.807) is 7.05 Å². The zero-order valence-electron chi connectivity index (χ0n) is 15.7. The molecule has 0 aromatic carbocycles. The zero-order valence-corrected chi connectivity index (χ0v) is 16.6. The van der Waals surface area contributed by atoms with Gasteiger partial charge in [0.15, 0.2) is 5.96 Å². The predicted molar refractivity (Wildman–Crippen MR) is 108 cm³/mol. The minimum absolute atomic E-state index is 0.169. The Morgan fingerprint density at radius 2 is 1.88 bits per heavy atom. The second kappa shape index (κ2) is 9.92. The van der Waals surface area contributed by atoms with Crippen molar-refractivity contribution in [2.75, 3.05) is 46.3 Å². The third-order valence-electron chi connectivity index (χ3n) is 5.26. The first kappa shape index (κ1) is 19.2. The quantitative estimate of drug-likeness (QED) is 0.589. The van der Waals surface area contributed by atoms with Crippen LogP contribution >= 0.6 is 11.3 Å². The van der Waals surface area contributed by atoms with E-state index in [4.69, 9.17) is 0 Å². The molecule has 6 nitrogen and oxygen atoms in total. The van der Waals surface area contributed by atoms with Gasteiger partial charge in [0.25, 0.3) is 0 Å². The highest BCUT2D eigenvalue weighted by Gasteiger charge is 2.24. The number of rotatable bonds is 6. The minimum atomic E-state index is 0.169. The van der Waals surface area contributed by atoms with Gasteiger partial charge >= 0.3 is 0 Å².